The number of carbonyl (C=O) groups excluding carboxylic acids is 3. The maximum absolute atomic E-state index is 14.1. The minimum atomic E-state index is -0.882. The van der Waals surface area contributed by atoms with E-state index in [9.17, 15) is 29.3 Å². The lowest BCUT2D eigenvalue weighted by atomic mass is 9.81. The summed E-state index contributed by atoms with van der Waals surface area (Å²) in [5.74, 6) is -2.19. The highest BCUT2D eigenvalue weighted by molar-refractivity contribution is 8.00. The molecule has 3 heterocycles. The van der Waals surface area contributed by atoms with Crippen LogP contribution in [0.1, 0.15) is 42.7 Å². The zero-order valence-corrected chi connectivity index (χ0v) is 27.0. The summed E-state index contributed by atoms with van der Waals surface area (Å²) in [6, 6.07) is 19.9. The van der Waals surface area contributed by atoms with Crippen molar-refractivity contribution in [2.75, 3.05) is 17.3 Å². The van der Waals surface area contributed by atoms with E-state index in [0.717, 1.165) is 39.1 Å². The van der Waals surface area contributed by atoms with Crippen LogP contribution in [0.25, 0.3) is 0 Å². The van der Waals surface area contributed by atoms with Crippen LogP contribution in [0.2, 0.25) is 0 Å². The van der Waals surface area contributed by atoms with Gasteiger partial charge in [-0.1, -0.05) is 68.1 Å². The van der Waals surface area contributed by atoms with Crippen LogP contribution in [-0.4, -0.2) is 39.6 Å². The van der Waals surface area contributed by atoms with Gasteiger partial charge in [0.05, 0.1) is 28.7 Å². The van der Waals surface area contributed by atoms with Crippen LogP contribution < -0.4 is 19.8 Å². The summed E-state index contributed by atoms with van der Waals surface area (Å²) in [4.78, 5) is 66.6. The number of nitro benzene ring substituents is 1. The maximum atomic E-state index is 14.1. The van der Waals surface area contributed by atoms with Gasteiger partial charge in [0.1, 0.15) is 17.5 Å². The van der Waals surface area contributed by atoms with Gasteiger partial charge in [-0.3, -0.25) is 33.9 Å². The number of anilines is 2. The molecule has 3 unspecified atom stereocenters. The van der Waals surface area contributed by atoms with E-state index in [-0.39, 0.29) is 28.2 Å². The number of imide groups is 1. The minimum absolute atomic E-state index is 0.119. The minimum Gasteiger partial charge on any atom is -0.497 e. The van der Waals surface area contributed by atoms with E-state index in [2.05, 4.69) is 26.1 Å². The molecule has 0 spiro atoms. The molecule has 0 saturated carbocycles. The third-order valence-electron chi connectivity index (χ3n) is 8.18. The molecule has 1 aromatic heterocycles. The lowest BCUT2D eigenvalue weighted by Gasteiger charge is -2.31. The molecule has 46 heavy (non-hydrogen) atoms. The molecule has 2 aliphatic rings. The molecule has 6 rings (SSSR count). The summed E-state index contributed by atoms with van der Waals surface area (Å²) < 4.78 is 6.53. The molecule has 0 aliphatic carbocycles. The quantitative estimate of drug-likeness (QED) is 0.155. The van der Waals surface area contributed by atoms with E-state index < -0.39 is 39.7 Å². The highest BCUT2D eigenvalue weighted by atomic mass is 32.2. The number of thioether (sulfide) groups is 1. The summed E-state index contributed by atoms with van der Waals surface area (Å²) in [6.45, 7) is 6.00. The van der Waals surface area contributed by atoms with Crippen molar-refractivity contribution in [1.29, 1.82) is 0 Å². The number of carbonyl (C=O) groups is 3. The molecule has 3 atom stereocenters. The van der Waals surface area contributed by atoms with Crippen molar-refractivity contribution in [3.05, 3.63) is 109 Å². The normalized spacial score (nSPS) is 19.0. The van der Waals surface area contributed by atoms with Crippen molar-refractivity contribution < 1.29 is 24.0 Å². The van der Waals surface area contributed by atoms with Gasteiger partial charge in [-0.05, 0) is 52.9 Å². The number of ether oxygens (including phenoxy) is 1. The van der Waals surface area contributed by atoms with Gasteiger partial charge in [-0.15, -0.1) is 0 Å². The maximum Gasteiger partial charge on any atom is 0.308 e. The second-order valence-corrected chi connectivity index (χ2v) is 14.2. The summed E-state index contributed by atoms with van der Waals surface area (Å²) in [6.07, 6.45) is 0. The summed E-state index contributed by atoms with van der Waals surface area (Å²) in [5.41, 5.74) is 2.34. The fourth-order valence-corrected chi connectivity index (χ4v) is 8.57. The van der Waals surface area contributed by atoms with Gasteiger partial charge < -0.3 is 10.1 Å². The van der Waals surface area contributed by atoms with Crippen LogP contribution in [0.3, 0.4) is 0 Å². The molecule has 3 amide bonds. The van der Waals surface area contributed by atoms with E-state index in [4.69, 9.17) is 4.74 Å². The van der Waals surface area contributed by atoms with Crippen molar-refractivity contribution in [3.63, 3.8) is 0 Å². The van der Waals surface area contributed by atoms with Crippen LogP contribution in [0.5, 0.6) is 5.75 Å². The van der Waals surface area contributed by atoms with Crippen molar-refractivity contribution in [2.24, 2.45) is 5.92 Å². The first-order chi connectivity index (χ1) is 21.9. The fourth-order valence-electron chi connectivity index (χ4n) is 5.80. The third-order valence-corrected chi connectivity index (χ3v) is 10.8. The van der Waals surface area contributed by atoms with E-state index >= 15 is 0 Å². The smallest absolute Gasteiger partial charge is 0.308 e. The van der Waals surface area contributed by atoms with Crippen molar-refractivity contribution in [3.8, 4) is 5.75 Å². The second kappa shape index (κ2) is 11.9. The first-order valence-corrected chi connectivity index (χ1v) is 16.1. The Morgan fingerprint density at radius 1 is 0.957 bits per heavy atom. The predicted molar refractivity (Wildman–Crippen MR) is 176 cm³/mol. The van der Waals surface area contributed by atoms with E-state index in [1.54, 1.807) is 31.4 Å². The van der Waals surface area contributed by atoms with Crippen LogP contribution in [0, 0.1) is 16.0 Å². The van der Waals surface area contributed by atoms with Crippen LogP contribution in [-0.2, 0) is 26.3 Å². The average Bonchev–Trinajstić information content (AvgIpc) is 3.47. The molecule has 4 aromatic rings. The number of fused-ring (bicyclic) bond motifs is 2. The second-order valence-electron chi connectivity index (χ2n) is 12.1. The van der Waals surface area contributed by atoms with Crippen molar-refractivity contribution in [1.82, 2.24) is 4.57 Å². The molecular weight excluding hydrogens is 629 g/mol. The van der Waals surface area contributed by atoms with Gasteiger partial charge in [-0.2, -0.15) is 0 Å². The Hall–Kier alpha value is -4.75. The van der Waals surface area contributed by atoms with E-state index in [1.807, 2.05) is 24.3 Å². The fraction of sp³-hybridized carbons (Fsp3) is 0.273. The summed E-state index contributed by atoms with van der Waals surface area (Å²) in [7, 11) is 1.54. The number of hydrogen-bond donors (Lipinski definition) is 1. The molecule has 1 N–H and O–H groups in total. The SMILES string of the molecule is COc1ccc(NC(=O)Cn2c3c(sc2=O)C(c2ccc(C(C)(C)C)cc2)C2C(=O)N(c4ccc([N+](=O)[O-])cc4)C(=O)C2S3)cc1. The Balaban J connectivity index is 1.39. The van der Waals surface area contributed by atoms with Crippen molar-refractivity contribution >= 4 is 57.9 Å². The molecule has 11 nitrogen and oxygen atoms in total. The van der Waals surface area contributed by atoms with Crippen LogP contribution >= 0.6 is 23.1 Å². The molecule has 13 heteroatoms. The summed E-state index contributed by atoms with van der Waals surface area (Å²) >= 11 is 2.08. The lowest BCUT2D eigenvalue weighted by molar-refractivity contribution is -0.384. The molecule has 1 fully saturated rings. The predicted octanol–water partition coefficient (Wildman–Crippen LogP) is 5.56. The standard InChI is InChI=1S/C33H30N4O7S2/c1-33(2,3)19-7-5-18(6-8-19)25-26-27(30(40)36(29(26)39)21-11-13-22(14-12-21)37(42)43)45-31-28(25)46-32(41)35(31)17-24(38)34-20-9-15-23(44-4)16-10-20/h5-16,25-27H,17H2,1-4H3,(H,34,38). The lowest BCUT2D eigenvalue weighted by Crippen LogP contribution is -2.33. The van der Waals surface area contributed by atoms with Crippen LogP contribution in [0.4, 0.5) is 17.1 Å². The van der Waals surface area contributed by atoms with E-state index in [1.165, 1.54) is 28.8 Å². The van der Waals surface area contributed by atoms with Gasteiger partial charge in [-0.25, -0.2) is 4.90 Å². The number of non-ortho nitro benzene ring substituents is 1. The summed E-state index contributed by atoms with van der Waals surface area (Å²) in [5, 5.41) is 13.6. The Kier molecular flexibility index (Phi) is 8.07. The Labute approximate surface area is 272 Å². The zero-order chi connectivity index (χ0) is 32.9. The third kappa shape index (κ3) is 5.60. The topological polar surface area (TPSA) is 141 Å². The molecule has 0 bridgehead atoms. The highest BCUT2D eigenvalue weighted by Gasteiger charge is 2.57. The highest BCUT2D eigenvalue weighted by Crippen LogP contribution is 2.54. The molecule has 3 aromatic carbocycles. The average molecular weight is 659 g/mol. The van der Waals surface area contributed by atoms with Crippen LogP contribution in [0.15, 0.2) is 82.6 Å². The number of thiazole rings is 1. The van der Waals surface area contributed by atoms with Gasteiger partial charge in [0.15, 0.2) is 0 Å². The number of nitrogens with zero attached hydrogens (tertiary/aromatic N) is 3. The molecule has 1 saturated heterocycles. The van der Waals surface area contributed by atoms with Gasteiger partial charge in [0.2, 0.25) is 17.7 Å². The Morgan fingerprint density at radius 2 is 1.61 bits per heavy atom. The largest absolute Gasteiger partial charge is 0.497 e. The zero-order valence-electron chi connectivity index (χ0n) is 25.4. The van der Waals surface area contributed by atoms with Gasteiger partial charge in [0, 0.05) is 28.6 Å². The molecular formula is C33H30N4O7S2. The van der Waals surface area contributed by atoms with Gasteiger partial charge in [0.25, 0.3) is 5.69 Å². The number of rotatable bonds is 7. The number of benzene rings is 3. The molecule has 2 aliphatic heterocycles. The monoisotopic (exact) mass is 658 g/mol. The number of methoxy groups -OCH3 is 1. The van der Waals surface area contributed by atoms with E-state index in [0.29, 0.717) is 21.3 Å². The number of hydrogen-bond acceptors (Lipinski definition) is 9. The first-order valence-electron chi connectivity index (χ1n) is 14.4. The molecule has 0 radical (unpaired) electrons. The number of nitrogens with one attached hydrogen (secondary N) is 1. The van der Waals surface area contributed by atoms with Gasteiger partial charge >= 0.3 is 4.87 Å². The Morgan fingerprint density at radius 3 is 2.20 bits per heavy atom. The first kappa shape index (κ1) is 31.2. The van der Waals surface area contributed by atoms with Crippen molar-refractivity contribution in [2.45, 2.75) is 48.9 Å². The Bertz CT molecular complexity index is 1910. The molecule has 236 valence electrons. The number of amides is 3. The number of nitro groups is 1. The number of aromatic nitrogens is 1.